The topological polar surface area (TPSA) is 75.7 Å². The van der Waals surface area contributed by atoms with Crippen LogP contribution in [0.25, 0.3) is 6.08 Å². The summed E-state index contributed by atoms with van der Waals surface area (Å²) in [5.41, 5.74) is 4.40. The van der Waals surface area contributed by atoms with E-state index in [0.29, 0.717) is 11.3 Å². The Morgan fingerprint density at radius 3 is 1.98 bits per heavy atom. The molecular weight excluding hydrogens is 556 g/mol. The Kier molecular flexibility index (Phi) is 8.52. The maximum atomic E-state index is 14.1. The molecule has 0 spiro atoms. The van der Waals surface area contributed by atoms with Crippen LogP contribution in [-0.2, 0) is 25.5 Å². The number of nitrogens with one attached hydrogen (secondary N) is 1. The molecule has 0 aromatic heterocycles. The van der Waals surface area contributed by atoms with Gasteiger partial charge >= 0.3 is 5.97 Å². The Balaban J connectivity index is 1.29. The molecule has 6 nitrogen and oxygen atoms in total. The van der Waals surface area contributed by atoms with Crippen molar-refractivity contribution in [1.29, 1.82) is 0 Å². The molecule has 1 fully saturated rings. The summed E-state index contributed by atoms with van der Waals surface area (Å²) in [6.07, 6.45) is 3.32. The van der Waals surface area contributed by atoms with Gasteiger partial charge in [-0.25, -0.2) is 4.79 Å². The summed E-state index contributed by atoms with van der Waals surface area (Å²) in [5.74, 6) is -0.666. The summed E-state index contributed by atoms with van der Waals surface area (Å²) in [6, 6.07) is 37.6. The van der Waals surface area contributed by atoms with Gasteiger partial charge in [0.25, 0.3) is 5.91 Å². The molecule has 1 N–H and O–H groups in total. The zero-order valence-corrected chi connectivity index (χ0v) is 24.2. The first-order chi connectivity index (χ1) is 21.1. The first kappa shape index (κ1) is 28.2. The lowest BCUT2D eigenvalue weighted by Gasteiger charge is -2.49. The van der Waals surface area contributed by atoms with Gasteiger partial charge in [-0.2, -0.15) is 0 Å². The van der Waals surface area contributed by atoms with Gasteiger partial charge in [-0.3, -0.25) is 14.5 Å². The second-order valence-corrected chi connectivity index (χ2v) is 11.4. The summed E-state index contributed by atoms with van der Waals surface area (Å²) >= 11 is 1.52. The number of hydrogen-bond donors (Lipinski definition) is 1. The standard InChI is InChI=1S/C36H30N2O4S/c39-30(23-26-15-7-2-8-16-26)37-31-34(40)38-32(29(24-43-35(31)38)22-21-25-13-5-1-6-14-25)36(41)42-33(27-17-9-3-10-18-27)28-19-11-4-12-20-28/h1-22,31,33,35H,23-24H2,(H,37,39)/b22-21+/t31-,35-/m1/s1. The summed E-state index contributed by atoms with van der Waals surface area (Å²) in [5, 5.41) is 2.49. The summed E-state index contributed by atoms with van der Waals surface area (Å²) in [4.78, 5) is 42.0. The Morgan fingerprint density at radius 2 is 1.37 bits per heavy atom. The van der Waals surface area contributed by atoms with Gasteiger partial charge in [0.05, 0.1) is 6.42 Å². The molecule has 0 bridgehead atoms. The number of benzene rings is 4. The number of carbonyl (C=O) groups is 3. The van der Waals surface area contributed by atoms with Crippen LogP contribution in [0.2, 0.25) is 0 Å². The number of hydrogen-bond acceptors (Lipinski definition) is 5. The van der Waals surface area contributed by atoms with E-state index < -0.39 is 23.5 Å². The van der Waals surface area contributed by atoms with Crippen LogP contribution in [0, 0.1) is 0 Å². The van der Waals surface area contributed by atoms with Crippen molar-refractivity contribution in [2.45, 2.75) is 23.9 Å². The Hall–Kier alpha value is -4.88. The van der Waals surface area contributed by atoms with E-state index >= 15 is 0 Å². The molecule has 1 saturated heterocycles. The van der Waals surface area contributed by atoms with E-state index in [1.54, 1.807) is 0 Å². The predicted molar refractivity (Wildman–Crippen MR) is 168 cm³/mol. The number of nitrogens with zero attached hydrogens (tertiary/aromatic N) is 1. The summed E-state index contributed by atoms with van der Waals surface area (Å²) < 4.78 is 6.22. The van der Waals surface area contributed by atoms with E-state index in [2.05, 4.69) is 5.32 Å². The third kappa shape index (κ3) is 6.32. The zero-order chi connectivity index (χ0) is 29.6. The fourth-order valence-electron chi connectivity index (χ4n) is 5.27. The minimum absolute atomic E-state index is 0.174. The molecule has 0 radical (unpaired) electrons. The molecule has 4 aromatic rings. The second-order valence-electron chi connectivity index (χ2n) is 10.3. The number of carbonyl (C=O) groups excluding carboxylic acids is 3. The molecule has 214 valence electrons. The molecule has 6 rings (SSSR count). The highest BCUT2D eigenvalue weighted by Gasteiger charge is 2.54. The molecule has 2 amide bonds. The third-order valence-corrected chi connectivity index (χ3v) is 8.72. The van der Waals surface area contributed by atoms with E-state index in [0.717, 1.165) is 22.3 Å². The first-order valence-electron chi connectivity index (χ1n) is 14.1. The van der Waals surface area contributed by atoms with Crippen molar-refractivity contribution >= 4 is 35.6 Å². The zero-order valence-electron chi connectivity index (χ0n) is 23.3. The average molecular weight is 587 g/mol. The van der Waals surface area contributed by atoms with E-state index in [1.165, 1.54) is 16.7 Å². The smallest absolute Gasteiger partial charge is 0.356 e. The number of rotatable bonds is 9. The normalized spacial score (nSPS) is 17.9. The molecular formula is C36H30N2O4S. The number of esters is 1. The van der Waals surface area contributed by atoms with Crippen LogP contribution < -0.4 is 5.32 Å². The Bertz CT molecular complexity index is 1620. The molecule has 2 heterocycles. The summed E-state index contributed by atoms with van der Waals surface area (Å²) in [7, 11) is 0. The molecule has 4 aromatic carbocycles. The molecule has 0 unspecified atom stereocenters. The number of ether oxygens (including phenoxy) is 1. The Morgan fingerprint density at radius 1 is 0.814 bits per heavy atom. The van der Waals surface area contributed by atoms with Crippen molar-refractivity contribution in [3.8, 4) is 0 Å². The SMILES string of the molecule is O=C(Cc1ccccc1)N[C@@H]1C(=O)N2C(C(=O)OC(c3ccccc3)c3ccccc3)=C(/C=C/c3ccccc3)CS[C@H]12. The molecule has 7 heteroatoms. The quantitative estimate of drug-likeness (QED) is 0.194. The molecule has 2 aliphatic heterocycles. The van der Waals surface area contributed by atoms with Crippen LogP contribution in [0.15, 0.2) is 139 Å². The fourth-order valence-corrected chi connectivity index (χ4v) is 6.59. The van der Waals surface area contributed by atoms with Crippen molar-refractivity contribution in [3.05, 3.63) is 161 Å². The van der Waals surface area contributed by atoms with Gasteiger partial charge < -0.3 is 10.1 Å². The number of thioether (sulfide) groups is 1. The van der Waals surface area contributed by atoms with E-state index in [4.69, 9.17) is 4.74 Å². The molecule has 43 heavy (non-hydrogen) atoms. The van der Waals surface area contributed by atoms with Gasteiger partial charge in [-0.15, -0.1) is 11.8 Å². The van der Waals surface area contributed by atoms with E-state index in [1.807, 2.05) is 133 Å². The van der Waals surface area contributed by atoms with Crippen molar-refractivity contribution in [2.75, 3.05) is 5.75 Å². The second kappa shape index (κ2) is 13.0. The molecule has 0 saturated carbocycles. The van der Waals surface area contributed by atoms with E-state index in [-0.39, 0.29) is 23.9 Å². The minimum atomic E-state index is -0.720. The number of fused-ring (bicyclic) bond motifs is 1. The van der Waals surface area contributed by atoms with Gasteiger partial charge in [0.1, 0.15) is 17.1 Å². The fraction of sp³-hybridized carbons (Fsp3) is 0.139. The van der Waals surface area contributed by atoms with Crippen LogP contribution >= 0.6 is 11.8 Å². The molecule has 2 aliphatic rings. The third-order valence-electron chi connectivity index (χ3n) is 7.42. The lowest BCUT2D eigenvalue weighted by molar-refractivity contribution is -0.154. The largest absolute Gasteiger partial charge is 0.448 e. The van der Waals surface area contributed by atoms with Crippen LogP contribution in [0.4, 0.5) is 0 Å². The van der Waals surface area contributed by atoms with Crippen LogP contribution in [-0.4, -0.2) is 39.9 Å². The van der Waals surface area contributed by atoms with Gasteiger partial charge in [0.15, 0.2) is 6.10 Å². The first-order valence-corrected chi connectivity index (χ1v) is 15.2. The highest BCUT2D eigenvalue weighted by Crippen LogP contribution is 2.42. The van der Waals surface area contributed by atoms with Crippen molar-refractivity contribution in [1.82, 2.24) is 10.2 Å². The van der Waals surface area contributed by atoms with Crippen LogP contribution in [0.1, 0.15) is 28.4 Å². The van der Waals surface area contributed by atoms with Gasteiger partial charge in [0.2, 0.25) is 5.91 Å². The number of amides is 2. The average Bonchev–Trinajstić information content (AvgIpc) is 3.06. The van der Waals surface area contributed by atoms with E-state index in [9.17, 15) is 14.4 Å². The maximum Gasteiger partial charge on any atom is 0.356 e. The molecule has 0 aliphatic carbocycles. The highest BCUT2D eigenvalue weighted by atomic mass is 32.2. The monoisotopic (exact) mass is 586 g/mol. The predicted octanol–water partition coefficient (Wildman–Crippen LogP) is 5.93. The Labute approximate surface area is 255 Å². The van der Waals surface area contributed by atoms with Crippen LogP contribution in [0.5, 0.6) is 0 Å². The highest BCUT2D eigenvalue weighted by molar-refractivity contribution is 8.00. The molecule has 2 atom stereocenters. The van der Waals surface area contributed by atoms with Crippen molar-refractivity contribution in [3.63, 3.8) is 0 Å². The van der Waals surface area contributed by atoms with Gasteiger partial charge in [-0.1, -0.05) is 133 Å². The number of β-lactam (4-membered cyclic amide) rings is 1. The maximum absolute atomic E-state index is 14.1. The van der Waals surface area contributed by atoms with Crippen LogP contribution in [0.3, 0.4) is 0 Å². The minimum Gasteiger partial charge on any atom is -0.448 e. The van der Waals surface area contributed by atoms with Crippen molar-refractivity contribution < 1.29 is 19.1 Å². The lowest BCUT2D eigenvalue weighted by atomic mass is 10.00. The van der Waals surface area contributed by atoms with Gasteiger partial charge in [0, 0.05) is 5.75 Å². The summed E-state index contributed by atoms with van der Waals surface area (Å²) in [6.45, 7) is 0. The number of allylic oxidation sites excluding steroid dienone is 1. The van der Waals surface area contributed by atoms with Gasteiger partial charge in [-0.05, 0) is 27.8 Å². The lowest BCUT2D eigenvalue weighted by Crippen LogP contribution is -2.70. The van der Waals surface area contributed by atoms with Crippen molar-refractivity contribution in [2.24, 2.45) is 0 Å².